The Kier molecular flexibility index (Phi) is 6.42. The number of benzene rings is 1. The lowest BCUT2D eigenvalue weighted by molar-refractivity contribution is 0.0957. The topological polar surface area (TPSA) is 81.9 Å². The van der Waals surface area contributed by atoms with Crippen LogP contribution in [0.25, 0.3) is 22.1 Å². The molecule has 4 rings (SSSR count). The summed E-state index contributed by atoms with van der Waals surface area (Å²) in [5.74, 6) is 0.664. The fourth-order valence-corrected chi connectivity index (χ4v) is 4.16. The van der Waals surface area contributed by atoms with E-state index >= 15 is 0 Å². The number of hydrogen-bond acceptors (Lipinski definition) is 6. The highest BCUT2D eigenvalue weighted by molar-refractivity contribution is 7.13. The molecule has 0 saturated heterocycles. The van der Waals surface area contributed by atoms with Gasteiger partial charge in [0, 0.05) is 36.6 Å². The normalized spacial score (nSPS) is 10.7. The van der Waals surface area contributed by atoms with Crippen LogP contribution in [-0.2, 0) is 6.54 Å². The Morgan fingerprint density at radius 3 is 2.75 bits per heavy atom. The van der Waals surface area contributed by atoms with Crippen molar-refractivity contribution in [1.82, 2.24) is 24.8 Å². The van der Waals surface area contributed by atoms with E-state index in [4.69, 9.17) is 9.72 Å². The first kappa shape index (κ1) is 21.5. The summed E-state index contributed by atoms with van der Waals surface area (Å²) in [6.07, 6.45) is 6.64. The largest absolute Gasteiger partial charge is 0.497 e. The van der Waals surface area contributed by atoms with Gasteiger partial charge in [0.15, 0.2) is 0 Å². The standard InChI is InChI=1S/C24H23N5O2S/c1-4-9-27-23(30)19-12-22(21-15-32-24(28-21)20-13-25-10-11-26-20)29(16(19)2)14-17-5-7-18(31-3)8-6-17/h4-8,10-13,15H,1,9,14H2,2-3H3,(H,27,30). The lowest BCUT2D eigenvalue weighted by Gasteiger charge is -2.12. The Labute approximate surface area is 190 Å². The van der Waals surface area contributed by atoms with Gasteiger partial charge in [-0.15, -0.1) is 17.9 Å². The quantitative estimate of drug-likeness (QED) is 0.408. The molecule has 162 valence electrons. The molecule has 0 fully saturated rings. The zero-order chi connectivity index (χ0) is 22.5. The third-order valence-electron chi connectivity index (χ3n) is 5.07. The van der Waals surface area contributed by atoms with Crippen LogP contribution in [0.4, 0.5) is 0 Å². The zero-order valence-electron chi connectivity index (χ0n) is 17.9. The number of carbonyl (C=O) groups excluding carboxylic acids is 1. The number of rotatable bonds is 8. The second kappa shape index (κ2) is 9.57. The van der Waals surface area contributed by atoms with Crippen molar-refractivity contribution >= 4 is 17.2 Å². The highest BCUT2D eigenvalue weighted by Crippen LogP contribution is 2.31. The Morgan fingerprint density at radius 1 is 1.25 bits per heavy atom. The van der Waals surface area contributed by atoms with Crippen LogP contribution in [0.3, 0.4) is 0 Å². The Hall–Kier alpha value is -3.78. The second-order valence-corrected chi connectivity index (χ2v) is 7.95. The van der Waals surface area contributed by atoms with Gasteiger partial charge in [-0.1, -0.05) is 18.2 Å². The number of aromatic nitrogens is 4. The number of ether oxygens (including phenoxy) is 1. The second-order valence-electron chi connectivity index (χ2n) is 7.09. The number of nitrogens with one attached hydrogen (secondary N) is 1. The highest BCUT2D eigenvalue weighted by Gasteiger charge is 2.20. The average Bonchev–Trinajstić information content (AvgIpc) is 3.44. The van der Waals surface area contributed by atoms with E-state index in [0.29, 0.717) is 18.7 Å². The first-order chi connectivity index (χ1) is 15.6. The fourth-order valence-electron chi connectivity index (χ4n) is 3.38. The van der Waals surface area contributed by atoms with Crippen molar-refractivity contribution in [3.8, 4) is 27.8 Å². The molecule has 0 spiro atoms. The summed E-state index contributed by atoms with van der Waals surface area (Å²) < 4.78 is 7.38. The monoisotopic (exact) mass is 445 g/mol. The number of thiazole rings is 1. The predicted molar refractivity (Wildman–Crippen MR) is 126 cm³/mol. The molecule has 0 aliphatic heterocycles. The van der Waals surface area contributed by atoms with Gasteiger partial charge in [0.2, 0.25) is 0 Å². The molecule has 0 unspecified atom stereocenters. The smallest absolute Gasteiger partial charge is 0.253 e. The predicted octanol–water partition coefficient (Wildman–Crippen LogP) is 4.35. The molecular formula is C24H23N5O2S. The maximum atomic E-state index is 12.8. The van der Waals surface area contributed by atoms with Crippen LogP contribution in [-0.4, -0.2) is 39.1 Å². The molecule has 8 heteroatoms. The molecule has 3 aromatic heterocycles. The van der Waals surface area contributed by atoms with Crippen LogP contribution in [0.2, 0.25) is 0 Å². The van der Waals surface area contributed by atoms with E-state index in [1.54, 1.807) is 31.8 Å². The zero-order valence-corrected chi connectivity index (χ0v) is 18.7. The maximum Gasteiger partial charge on any atom is 0.253 e. The van der Waals surface area contributed by atoms with E-state index in [0.717, 1.165) is 39.1 Å². The average molecular weight is 446 g/mol. The van der Waals surface area contributed by atoms with E-state index in [1.165, 1.54) is 11.3 Å². The number of hydrogen-bond donors (Lipinski definition) is 1. The van der Waals surface area contributed by atoms with Gasteiger partial charge in [0.05, 0.1) is 30.3 Å². The summed E-state index contributed by atoms with van der Waals surface area (Å²) in [6.45, 7) is 6.62. The Bertz CT molecular complexity index is 1230. The van der Waals surface area contributed by atoms with Crippen molar-refractivity contribution < 1.29 is 9.53 Å². The van der Waals surface area contributed by atoms with E-state index in [2.05, 4.69) is 26.4 Å². The van der Waals surface area contributed by atoms with Crippen LogP contribution in [0, 0.1) is 6.92 Å². The molecule has 0 saturated carbocycles. The molecule has 1 N–H and O–H groups in total. The highest BCUT2D eigenvalue weighted by atomic mass is 32.1. The van der Waals surface area contributed by atoms with Gasteiger partial charge in [0.25, 0.3) is 5.91 Å². The summed E-state index contributed by atoms with van der Waals surface area (Å²) >= 11 is 1.50. The summed E-state index contributed by atoms with van der Waals surface area (Å²) in [7, 11) is 1.65. The Morgan fingerprint density at radius 2 is 2.06 bits per heavy atom. The molecule has 0 atom stereocenters. The molecule has 4 aromatic rings. The summed E-state index contributed by atoms with van der Waals surface area (Å²) in [4.78, 5) is 26.0. The first-order valence-electron chi connectivity index (χ1n) is 10.0. The lowest BCUT2D eigenvalue weighted by atomic mass is 10.2. The molecular weight excluding hydrogens is 422 g/mol. The van der Waals surface area contributed by atoms with Crippen LogP contribution >= 0.6 is 11.3 Å². The van der Waals surface area contributed by atoms with Crippen molar-refractivity contribution in [3.05, 3.63) is 83.8 Å². The van der Waals surface area contributed by atoms with Crippen molar-refractivity contribution in [2.75, 3.05) is 13.7 Å². The third kappa shape index (κ3) is 4.45. The number of amides is 1. The van der Waals surface area contributed by atoms with Crippen LogP contribution in [0.15, 0.2) is 67.0 Å². The van der Waals surface area contributed by atoms with Gasteiger partial charge >= 0.3 is 0 Å². The molecule has 1 amide bonds. The molecule has 1 aromatic carbocycles. The minimum absolute atomic E-state index is 0.137. The van der Waals surface area contributed by atoms with E-state index in [9.17, 15) is 4.79 Å². The van der Waals surface area contributed by atoms with Crippen molar-refractivity contribution in [2.45, 2.75) is 13.5 Å². The summed E-state index contributed by atoms with van der Waals surface area (Å²) in [5, 5.41) is 5.63. The van der Waals surface area contributed by atoms with Crippen molar-refractivity contribution in [2.24, 2.45) is 0 Å². The first-order valence-corrected chi connectivity index (χ1v) is 10.9. The maximum absolute atomic E-state index is 12.8. The minimum atomic E-state index is -0.137. The molecule has 0 aliphatic carbocycles. The van der Waals surface area contributed by atoms with Gasteiger partial charge < -0.3 is 14.6 Å². The van der Waals surface area contributed by atoms with Crippen LogP contribution in [0.1, 0.15) is 21.6 Å². The SMILES string of the molecule is C=CCNC(=O)c1cc(-c2csc(-c3cnccn3)n2)n(Cc2ccc(OC)cc2)c1C. The molecule has 32 heavy (non-hydrogen) atoms. The third-order valence-corrected chi connectivity index (χ3v) is 5.93. The van der Waals surface area contributed by atoms with Gasteiger partial charge in [-0.05, 0) is 30.7 Å². The number of carbonyl (C=O) groups is 1. The fraction of sp³-hybridized carbons (Fsp3) is 0.167. The van der Waals surface area contributed by atoms with E-state index in [-0.39, 0.29) is 5.91 Å². The van der Waals surface area contributed by atoms with Gasteiger partial charge in [-0.3, -0.25) is 14.8 Å². The number of methoxy groups -OCH3 is 1. The summed E-state index contributed by atoms with van der Waals surface area (Å²) in [6, 6.07) is 9.80. The minimum Gasteiger partial charge on any atom is -0.497 e. The van der Waals surface area contributed by atoms with Crippen LogP contribution in [0.5, 0.6) is 5.75 Å². The Balaban J connectivity index is 1.75. The molecule has 3 heterocycles. The van der Waals surface area contributed by atoms with E-state index in [1.807, 2.05) is 42.6 Å². The molecule has 0 radical (unpaired) electrons. The lowest BCUT2D eigenvalue weighted by Crippen LogP contribution is -2.23. The summed E-state index contributed by atoms with van der Waals surface area (Å²) in [5.41, 5.74) is 4.95. The van der Waals surface area contributed by atoms with Crippen LogP contribution < -0.4 is 10.1 Å². The molecule has 0 bridgehead atoms. The molecule has 7 nitrogen and oxygen atoms in total. The van der Waals surface area contributed by atoms with Gasteiger partial charge in [-0.2, -0.15) is 0 Å². The number of nitrogens with zero attached hydrogens (tertiary/aromatic N) is 4. The van der Waals surface area contributed by atoms with Gasteiger partial charge in [-0.25, -0.2) is 4.98 Å². The van der Waals surface area contributed by atoms with Crippen molar-refractivity contribution in [1.29, 1.82) is 0 Å². The molecule has 0 aliphatic rings. The van der Waals surface area contributed by atoms with E-state index < -0.39 is 0 Å². The van der Waals surface area contributed by atoms with Crippen molar-refractivity contribution in [3.63, 3.8) is 0 Å². The van der Waals surface area contributed by atoms with Gasteiger partial charge in [0.1, 0.15) is 16.5 Å².